The fourth-order valence-electron chi connectivity index (χ4n) is 2.50. The Hall–Kier alpha value is -2.91. The molecule has 1 amide bonds. The number of carbonyl (C=O) groups excluding carboxylic acids is 1. The van der Waals surface area contributed by atoms with E-state index in [1.54, 1.807) is 24.3 Å². The second-order valence-corrected chi connectivity index (χ2v) is 5.73. The molecule has 0 spiro atoms. The van der Waals surface area contributed by atoms with E-state index in [2.05, 4.69) is 15.4 Å². The highest BCUT2D eigenvalue weighted by molar-refractivity contribution is 6.01. The van der Waals surface area contributed by atoms with Crippen molar-refractivity contribution >= 4 is 11.6 Å². The zero-order valence-corrected chi connectivity index (χ0v) is 13.4. The van der Waals surface area contributed by atoms with E-state index in [4.69, 9.17) is 0 Å². The molecule has 2 aromatic carbocycles. The Morgan fingerprint density at radius 1 is 0.926 bits per heavy atom. The smallest absolute Gasteiger partial charge is 0.430 e. The summed E-state index contributed by atoms with van der Waals surface area (Å²) in [6.45, 7) is 0. The van der Waals surface area contributed by atoms with Crippen molar-refractivity contribution in [2.75, 3.05) is 5.32 Å². The van der Waals surface area contributed by atoms with Crippen LogP contribution in [0.3, 0.4) is 0 Å². The summed E-state index contributed by atoms with van der Waals surface area (Å²) >= 11 is 0. The highest BCUT2D eigenvalue weighted by atomic mass is 19.4. The van der Waals surface area contributed by atoms with Crippen molar-refractivity contribution in [2.24, 2.45) is 0 Å². The maximum Gasteiger partial charge on any atom is 0.439 e. The number of fused-ring (bicyclic) bond motifs is 1. The zero-order chi connectivity index (χ0) is 19.8. The lowest BCUT2D eigenvalue weighted by Crippen LogP contribution is -2.45. The van der Waals surface area contributed by atoms with E-state index in [9.17, 15) is 31.1 Å². The Morgan fingerprint density at radius 3 is 2.19 bits per heavy atom. The molecule has 1 heterocycles. The van der Waals surface area contributed by atoms with Crippen molar-refractivity contribution < 1.29 is 35.9 Å². The van der Waals surface area contributed by atoms with Crippen LogP contribution in [0.4, 0.5) is 32.0 Å². The summed E-state index contributed by atoms with van der Waals surface area (Å²) in [5.74, 6) is -1.01. The van der Waals surface area contributed by atoms with Gasteiger partial charge >= 0.3 is 12.3 Å². The molecular weight excluding hydrogens is 378 g/mol. The van der Waals surface area contributed by atoms with Crippen molar-refractivity contribution in [1.82, 2.24) is 5.32 Å². The van der Waals surface area contributed by atoms with E-state index in [1.807, 2.05) is 0 Å². The minimum Gasteiger partial charge on any atom is -0.430 e. The fraction of sp³-hybridized carbons (Fsp3) is 0.235. The quantitative estimate of drug-likeness (QED) is 0.761. The van der Waals surface area contributed by atoms with Crippen molar-refractivity contribution in [3.8, 4) is 5.75 Å². The molecule has 144 valence electrons. The molecule has 3 rings (SSSR count). The van der Waals surface area contributed by atoms with Crippen LogP contribution in [0.2, 0.25) is 0 Å². The maximum absolute atomic E-state index is 13.3. The largest absolute Gasteiger partial charge is 0.439 e. The maximum atomic E-state index is 13.3. The highest BCUT2D eigenvalue weighted by Crippen LogP contribution is 2.37. The molecule has 27 heavy (non-hydrogen) atoms. The summed E-state index contributed by atoms with van der Waals surface area (Å²) in [7, 11) is 0. The van der Waals surface area contributed by atoms with Crippen LogP contribution >= 0.6 is 0 Å². The molecule has 1 aliphatic rings. The number of halogens is 6. The third-order valence-electron chi connectivity index (χ3n) is 3.80. The number of ether oxygens (including phenoxy) is 1. The number of hydrogen-bond acceptors (Lipinski definition) is 3. The van der Waals surface area contributed by atoms with E-state index in [0.29, 0.717) is 16.8 Å². The van der Waals surface area contributed by atoms with Gasteiger partial charge in [0.1, 0.15) is 11.9 Å². The van der Waals surface area contributed by atoms with Gasteiger partial charge in [-0.1, -0.05) is 24.3 Å². The van der Waals surface area contributed by atoms with E-state index < -0.39 is 30.4 Å². The molecule has 4 nitrogen and oxygen atoms in total. The molecular formula is C17H12F6N2O2. The molecule has 0 bridgehead atoms. The molecule has 0 aliphatic carbocycles. The second-order valence-electron chi connectivity index (χ2n) is 5.73. The lowest BCUT2D eigenvalue weighted by Gasteiger charge is -2.28. The van der Waals surface area contributed by atoms with Crippen molar-refractivity contribution in [1.29, 1.82) is 0 Å². The highest BCUT2D eigenvalue weighted by Gasteiger charge is 2.59. The number of nitrogens with one attached hydrogen (secondary N) is 2. The van der Waals surface area contributed by atoms with Crippen LogP contribution < -0.4 is 15.4 Å². The molecule has 2 atom stereocenters. The predicted octanol–water partition coefficient (Wildman–Crippen LogP) is 4.41. The average Bonchev–Trinajstić information content (AvgIpc) is 2.60. The molecule has 0 radical (unpaired) electrons. The lowest BCUT2D eigenvalue weighted by molar-refractivity contribution is -0.304. The Morgan fingerprint density at radius 2 is 1.56 bits per heavy atom. The van der Waals surface area contributed by atoms with Gasteiger partial charge in [-0.25, -0.2) is 4.39 Å². The van der Waals surface area contributed by atoms with Gasteiger partial charge in [0.2, 0.25) is 0 Å². The van der Waals surface area contributed by atoms with Crippen LogP contribution in [-0.2, 0) is 0 Å². The normalized spacial score (nSPS) is 18.1. The molecule has 10 heteroatoms. The number of carbonyl (C=O) groups is 1. The monoisotopic (exact) mass is 390 g/mol. The Bertz CT molecular complexity index is 838. The Kier molecular flexibility index (Phi) is 4.66. The minimum atomic E-state index is -5.76. The van der Waals surface area contributed by atoms with Crippen LogP contribution in [0, 0.1) is 0 Å². The van der Waals surface area contributed by atoms with E-state index in [0.717, 1.165) is 12.1 Å². The van der Waals surface area contributed by atoms with Gasteiger partial charge in [-0.2, -0.15) is 22.0 Å². The van der Waals surface area contributed by atoms with E-state index in [-0.39, 0.29) is 5.91 Å². The molecule has 1 aliphatic heterocycles. The van der Waals surface area contributed by atoms with Crippen LogP contribution in [0.5, 0.6) is 5.75 Å². The molecule has 0 fully saturated rings. The standard InChI is InChI=1S/C17H12F6N2O2/c18-15(16(19,20)21)17(22,23)27-10-7-5-9(6-8-10)13-24-12-4-2-1-3-11(12)14(26)25-13/h1-8,13,15,24H,(H,25,26)/t13-,15-/m1/s1. The number of hydrogen-bond donors (Lipinski definition) is 2. The minimum absolute atomic E-state index is 0.355. The third kappa shape index (κ3) is 3.93. The van der Waals surface area contributed by atoms with E-state index in [1.165, 1.54) is 12.1 Å². The number of para-hydroxylation sites is 1. The van der Waals surface area contributed by atoms with Gasteiger partial charge in [0.25, 0.3) is 12.1 Å². The van der Waals surface area contributed by atoms with Crippen molar-refractivity contribution in [3.05, 3.63) is 59.7 Å². The van der Waals surface area contributed by atoms with Gasteiger partial charge < -0.3 is 15.4 Å². The summed E-state index contributed by atoms with van der Waals surface area (Å²) in [5.41, 5.74) is 1.42. The van der Waals surface area contributed by atoms with Gasteiger partial charge in [0, 0.05) is 5.69 Å². The number of anilines is 1. The fourth-order valence-corrected chi connectivity index (χ4v) is 2.50. The van der Waals surface area contributed by atoms with Gasteiger partial charge in [-0.05, 0) is 29.8 Å². The van der Waals surface area contributed by atoms with Crippen LogP contribution in [0.25, 0.3) is 0 Å². The second kappa shape index (κ2) is 6.67. The summed E-state index contributed by atoms with van der Waals surface area (Å²) in [6, 6.07) is 11.1. The Labute approximate surface area is 149 Å². The first-order chi connectivity index (χ1) is 12.6. The van der Waals surface area contributed by atoms with Crippen LogP contribution in [0.1, 0.15) is 22.1 Å². The topological polar surface area (TPSA) is 50.4 Å². The van der Waals surface area contributed by atoms with Crippen molar-refractivity contribution in [3.63, 3.8) is 0 Å². The Balaban J connectivity index is 1.74. The molecule has 0 unspecified atom stereocenters. The van der Waals surface area contributed by atoms with Crippen molar-refractivity contribution in [2.45, 2.75) is 24.6 Å². The zero-order valence-electron chi connectivity index (χ0n) is 13.4. The predicted molar refractivity (Wildman–Crippen MR) is 83.2 cm³/mol. The summed E-state index contributed by atoms with van der Waals surface area (Å²) in [4.78, 5) is 12.1. The third-order valence-corrected chi connectivity index (χ3v) is 3.80. The summed E-state index contributed by atoms with van der Waals surface area (Å²) < 4.78 is 79.7. The molecule has 2 N–H and O–H groups in total. The average molecular weight is 390 g/mol. The summed E-state index contributed by atoms with van der Waals surface area (Å²) in [5, 5.41) is 5.67. The first-order valence-electron chi connectivity index (χ1n) is 7.62. The number of benzene rings is 2. The number of alkyl halides is 6. The molecule has 0 aromatic heterocycles. The van der Waals surface area contributed by atoms with Crippen LogP contribution in [-0.4, -0.2) is 24.4 Å². The number of rotatable bonds is 4. The molecule has 0 saturated carbocycles. The van der Waals surface area contributed by atoms with Gasteiger partial charge in [-0.3, -0.25) is 4.79 Å². The van der Waals surface area contributed by atoms with Crippen LogP contribution in [0.15, 0.2) is 48.5 Å². The lowest BCUT2D eigenvalue weighted by atomic mass is 10.1. The van der Waals surface area contributed by atoms with E-state index >= 15 is 0 Å². The summed E-state index contributed by atoms with van der Waals surface area (Å²) in [6.07, 6.45) is -16.0. The first-order valence-corrected chi connectivity index (χ1v) is 7.62. The molecule has 2 aromatic rings. The molecule has 0 saturated heterocycles. The first kappa shape index (κ1) is 18.9. The SMILES string of the molecule is O=C1N[C@H](c2ccc(OC(F)(F)[C@H](F)C(F)(F)F)cc2)Nc2ccccc21. The van der Waals surface area contributed by atoms with Gasteiger partial charge in [-0.15, -0.1) is 0 Å². The number of amides is 1. The van der Waals surface area contributed by atoms with Gasteiger partial charge in [0.15, 0.2) is 0 Å². The van der Waals surface area contributed by atoms with Gasteiger partial charge in [0.05, 0.1) is 5.56 Å².